The van der Waals surface area contributed by atoms with Gasteiger partial charge in [-0.2, -0.15) is 13.2 Å². The highest BCUT2D eigenvalue weighted by Gasteiger charge is 2.30. The topological polar surface area (TPSA) is 51.2 Å². The highest BCUT2D eigenvalue weighted by Crippen LogP contribution is 2.33. The quantitative estimate of drug-likeness (QED) is 0.829. The predicted octanol–water partition coefficient (Wildman–Crippen LogP) is 4.44. The zero-order chi connectivity index (χ0) is 18.7. The molecule has 1 atom stereocenters. The highest BCUT2D eigenvalue weighted by molar-refractivity contribution is 7.17. The van der Waals surface area contributed by atoms with E-state index in [0.717, 1.165) is 38.0 Å². The molecule has 0 aliphatic carbocycles. The molecular formula is C18H19F3N2O2S. The number of carbonyl (C=O) groups is 1. The fourth-order valence-corrected chi connectivity index (χ4v) is 3.82. The molecule has 1 aliphatic rings. The van der Waals surface area contributed by atoms with Crippen LogP contribution in [0.25, 0.3) is 10.6 Å². The average Bonchev–Trinajstić information content (AvgIpc) is 3.24. The number of hydrogen-bond donors (Lipinski definition) is 1. The lowest BCUT2D eigenvalue weighted by Gasteiger charge is -2.09. The van der Waals surface area contributed by atoms with Crippen LogP contribution in [0.4, 0.5) is 13.2 Å². The first-order valence-electron chi connectivity index (χ1n) is 8.39. The zero-order valence-corrected chi connectivity index (χ0v) is 15.0. The van der Waals surface area contributed by atoms with E-state index in [0.29, 0.717) is 27.7 Å². The molecular weight excluding hydrogens is 365 g/mol. The van der Waals surface area contributed by atoms with E-state index in [1.807, 2.05) is 0 Å². The maximum Gasteiger partial charge on any atom is 0.416 e. The molecule has 1 N–H and O–H groups in total. The minimum atomic E-state index is -4.37. The fourth-order valence-electron chi connectivity index (χ4n) is 2.83. The first-order chi connectivity index (χ1) is 12.3. The number of nitrogens with zero attached hydrogens (tertiary/aromatic N) is 1. The molecule has 1 saturated heterocycles. The number of benzene rings is 1. The standard InChI is InChI=1S/C18H19F3N2O2S/c1-11-15(16(24)22-9-8-14-3-2-10-25-14)26-17(23-11)12-4-6-13(7-5-12)18(19,20)21/h4-7,14H,2-3,8-10H2,1H3,(H,22,24). The summed E-state index contributed by atoms with van der Waals surface area (Å²) in [5.41, 5.74) is 0.422. The summed E-state index contributed by atoms with van der Waals surface area (Å²) in [6.07, 6.45) is -1.31. The third kappa shape index (κ3) is 4.42. The van der Waals surface area contributed by atoms with Crippen LogP contribution in [0.2, 0.25) is 0 Å². The molecule has 140 valence electrons. The Hall–Kier alpha value is -1.93. The van der Waals surface area contributed by atoms with Crippen molar-refractivity contribution in [3.05, 3.63) is 40.4 Å². The lowest BCUT2D eigenvalue weighted by Crippen LogP contribution is -2.26. The summed E-state index contributed by atoms with van der Waals surface area (Å²) in [6, 6.07) is 4.79. The summed E-state index contributed by atoms with van der Waals surface area (Å²) in [4.78, 5) is 17.1. The summed E-state index contributed by atoms with van der Waals surface area (Å²) in [5, 5.41) is 3.39. The molecule has 0 saturated carbocycles. The molecule has 1 fully saturated rings. The molecule has 2 aromatic rings. The number of amides is 1. The number of hydrogen-bond acceptors (Lipinski definition) is 4. The van der Waals surface area contributed by atoms with Gasteiger partial charge in [0.25, 0.3) is 5.91 Å². The molecule has 0 bridgehead atoms. The molecule has 0 spiro atoms. The summed E-state index contributed by atoms with van der Waals surface area (Å²) >= 11 is 1.18. The number of aromatic nitrogens is 1. The predicted molar refractivity (Wildman–Crippen MR) is 93.2 cm³/mol. The third-order valence-electron chi connectivity index (χ3n) is 4.24. The highest BCUT2D eigenvalue weighted by atomic mass is 32.1. The van der Waals surface area contributed by atoms with E-state index >= 15 is 0 Å². The second kappa shape index (κ2) is 7.75. The third-order valence-corrected chi connectivity index (χ3v) is 5.44. The van der Waals surface area contributed by atoms with Crippen molar-refractivity contribution < 1.29 is 22.7 Å². The van der Waals surface area contributed by atoms with Crippen LogP contribution in [0.5, 0.6) is 0 Å². The van der Waals surface area contributed by atoms with Gasteiger partial charge in [0.1, 0.15) is 9.88 Å². The van der Waals surface area contributed by atoms with Gasteiger partial charge in [-0.3, -0.25) is 4.79 Å². The monoisotopic (exact) mass is 384 g/mol. The van der Waals surface area contributed by atoms with Gasteiger partial charge in [0.2, 0.25) is 0 Å². The first-order valence-corrected chi connectivity index (χ1v) is 9.21. The van der Waals surface area contributed by atoms with E-state index in [9.17, 15) is 18.0 Å². The van der Waals surface area contributed by atoms with Crippen molar-refractivity contribution in [1.29, 1.82) is 0 Å². The number of halogens is 3. The second-order valence-corrected chi connectivity index (χ2v) is 7.19. The Kier molecular flexibility index (Phi) is 5.62. The molecule has 1 aromatic carbocycles. The van der Waals surface area contributed by atoms with E-state index in [1.54, 1.807) is 6.92 Å². The maximum absolute atomic E-state index is 12.7. The molecule has 0 radical (unpaired) electrons. The molecule has 1 unspecified atom stereocenters. The van der Waals surface area contributed by atoms with Gasteiger partial charge in [0.05, 0.1) is 17.4 Å². The van der Waals surface area contributed by atoms with Crippen molar-refractivity contribution in [3.63, 3.8) is 0 Å². The van der Waals surface area contributed by atoms with Crippen molar-refractivity contribution in [3.8, 4) is 10.6 Å². The second-order valence-electron chi connectivity index (χ2n) is 6.19. The van der Waals surface area contributed by atoms with Crippen LogP contribution in [0, 0.1) is 6.92 Å². The number of ether oxygens (including phenoxy) is 1. The van der Waals surface area contributed by atoms with Gasteiger partial charge >= 0.3 is 6.18 Å². The van der Waals surface area contributed by atoms with Crippen LogP contribution >= 0.6 is 11.3 Å². The first kappa shape index (κ1) is 18.8. The summed E-state index contributed by atoms with van der Waals surface area (Å²) < 4.78 is 43.5. The zero-order valence-electron chi connectivity index (χ0n) is 14.2. The Morgan fingerprint density at radius 1 is 1.35 bits per heavy atom. The Bertz CT molecular complexity index is 766. The summed E-state index contributed by atoms with van der Waals surface area (Å²) in [6.45, 7) is 3.03. The maximum atomic E-state index is 12.7. The average molecular weight is 384 g/mol. The van der Waals surface area contributed by atoms with Gasteiger partial charge in [-0.25, -0.2) is 4.98 Å². The van der Waals surface area contributed by atoms with Crippen molar-refractivity contribution in [2.24, 2.45) is 0 Å². The molecule has 26 heavy (non-hydrogen) atoms. The fraction of sp³-hybridized carbons (Fsp3) is 0.444. The van der Waals surface area contributed by atoms with Gasteiger partial charge < -0.3 is 10.1 Å². The Labute approximate surface area is 153 Å². The Balaban J connectivity index is 1.65. The Morgan fingerprint density at radius 2 is 2.08 bits per heavy atom. The SMILES string of the molecule is Cc1nc(-c2ccc(C(F)(F)F)cc2)sc1C(=O)NCCC1CCCO1. The lowest BCUT2D eigenvalue weighted by atomic mass is 10.1. The van der Waals surface area contributed by atoms with Crippen LogP contribution in [0.15, 0.2) is 24.3 Å². The number of thiazole rings is 1. The number of carbonyl (C=O) groups excluding carboxylic acids is 1. The normalized spacial score (nSPS) is 17.5. The molecule has 3 rings (SSSR count). The van der Waals surface area contributed by atoms with E-state index in [4.69, 9.17) is 4.74 Å². The van der Waals surface area contributed by atoms with Crippen LogP contribution in [-0.2, 0) is 10.9 Å². The van der Waals surface area contributed by atoms with E-state index in [-0.39, 0.29) is 12.0 Å². The van der Waals surface area contributed by atoms with E-state index in [1.165, 1.54) is 23.5 Å². The number of alkyl halides is 3. The van der Waals surface area contributed by atoms with Crippen molar-refractivity contribution in [1.82, 2.24) is 10.3 Å². The smallest absolute Gasteiger partial charge is 0.378 e. The van der Waals surface area contributed by atoms with Crippen LogP contribution in [-0.4, -0.2) is 30.1 Å². The van der Waals surface area contributed by atoms with Gasteiger partial charge in [-0.05, 0) is 38.3 Å². The largest absolute Gasteiger partial charge is 0.416 e. The molecule has 1 aliphatic heterocycles. The molecule has 2 heterocycles. The molecule has 1 aromatic heterocycles. The Morgan fingerprint density at radius 3 is 2.69 bits per heavy atom. The lowest BCUT2D eigenvalue weighted by molar-refractivity contribution is -0.137. The molecule has 4 nitrogen and oxygen atoms in total. The van der Waals surface area contributed by atoms with Gasteiger partial charge in [-0.15, -0.1) is 11.3 Å². The molecule has 1 amide bonds. The number of rotatable bonds is 5. The van der Waals surface area contributed by atoms with Crippen LogP contribution < -0.4 is 5.32 Å². The number of nitrogens with one attached hydrogen (secondary N) is 1. The minimum absolute atomic E-state index is 0.209. The minimum Gasteiger partial charge on any atom is -0.378 e. The van der Waals surface area contributed by atoms with Gasteiger partial charge in [-0.1, -0.05) is 12.1 Å². The van der Waals surface area contributed by atoms with Crippen molar-refractivity contribution in [2.45, 2.75) is 38.5 Å². The van der Waals surface area contributed by atoms with Crippen molar-refractivity contribution >= 4 is 17.2 Å². The van der Waals surface area contributed by atoms with E-state index < -0.39 is 11.7 Å². The van der Waals surface area contributed by atoms with Gasteiger partial charge in [0.15, 0.2) is 0 Å². The van der Waals surface area contributed by atoms with E-state index in [2.05, 4.69) is 10.3 Å². The number of aryl methyl sites for hydroxylation is 1. The molecule has 8 heteroatoms. The summed E-state index contributed by atoms with van der Waals surface area (Å²) in [7, 11) is 0. The van der Waals surface area contributed by atoms with Crippen molar-refractivity contribution in [2.75, 3.05) is 13.2 Å². The van der Waals surface area contributed by atoms with Gasteiger partial charge in [0, 0.05) is 18.7 Å². The summed E-state index contributed by atoms with van der Waals surface area (Å²) in [5.74, 6) is -0.212. The van der Waals surface area contributed by atoms with Crippen LogP contribution in [0.1, 0.15) is 40.2 Å². The van der Waals surface area contributed by atoms with Crippen LogP contribution in [0.3, 0.4) is 0 Å².